The van der Waals surface area contributed by atoms with E-state index in [1.165, 1.54) is 6.42 Å². The number of piperidine rings is 1. The van der Waals surface area contributed by atoms with E-state index in [9.17, 15) is 4.79 Å². The van der Waals surface area contributed by atoms with Gasteiger partial charge in [0.15, 0.2) is 0 Å². The maximum Gasteiger partial charge on any atom is 0.223 e. The molecule has 0 aromatic carbocycles. The van der Waals surface area contributed by atoms with Gasteiger partial charge in [-0.05, 0) is 37.5 Å². The molecule has 18 heavy (non-hydrogen) atoms. The molecule has 1 N–H and O–H groups in total. The first kappa shape index (κ1) is 13.4. The maximum atomic E-state index is 11.9. The molecule has 2 aliphatic rings. The van der Waals surface area contributed by atoms with Crippen LogP contribution in [0.3, 0.4) is 0 Å². The highest BCUT2D eigenvalue weighted by molar-refractivity contribution is 5.76. The SMILES string of the molecule is N#CCC1(CNCCC(=O)N2CCCCC2)CC1. The summed E-state index contributed by atoms with van der Waals surface area (Å²) in [4.78, 5) is 13.9. The molecule has 4 heteroatoms. The van der Waals surface area contributed by atoms with Gasteiger partial charge in [0.2, 0.25) is 5.91 Å². The van der Waals surface area contributed by atoms with Gasteiger partial charge in [-0.15, -0.1) is 0 Å². The van der Waals surface area contributed by atoms with Crippen LogP contribution in [0.1, 0.15) is 44.9 Å². The van der Waals surface area contributed by atoms with E-state index in [0.717, 1.165) is 51.9 Å². The summed E-state index contributed by atoms with van der Waals surface area (Å²) in [7, 11) is 0. The molecule has 4 nitrogen and oxygen atoms in total. The molecule has 0 aromatic rings. The largest absolute Gasteiger partial charge is 0.343 e. The molecular weight excluding hydrogens is 226 g/mol. The minimum atomic E-state index is 0.239. The number of amides is 1. The number of nitrogens with one attached hydrogen (secondary N) is 1. The van der Waals surface area contributed by atoms with Crippen LogP contribution in [0.25, 0.3) is 0 Å². The Balaban J connectivity index is 1.58. The molecule has 0 radical (unpaired) electrons. The van der Waals surface area contributed by atoms with Crippen molar-refractivity contribution < 1.29 is 4.79 Å². The summed E-state index contributed by atoms with van der Waals surface area (Å²) >= 11 is 0. The van der Waals surface area contributed by atoms with Crippen LogP contribution >= 0.6 is 0 Å². The van der Waals surface area contributed by atoms with Gasteiger partial charge in [-0.2, -0.15) is 5.26 Å². The van der Waals surface area contributed by atoms with Gasteiger partial charge in [-0.3, -0.25) is 4.79 Å². The number of rotatable bonds is 6. The van der Waals surface area contributed by atoms with Gasteiger partial charge in [0.1, 0.15) is 0 Å². The van der Waals surface area contributed by atoms with E-state index in [-0.39, 0.29) is 11.3 Å². The van der Waals surface area contributed by atoms with Gasteiger partial charge in [-0.1, -0.05) is 0 Å². The van der Waals surface area contributed by atoms with Crippen molar-refractivity contribution in [3.63, 3.8) is 0 Å². The second-order valence-electron chi connectivity index (χ2n) is 5.70. The van der Waals surface area contributed by atoms with Crippen LogP contribution in [-0.2, 0) is 4.79 Å². The van der Waals surface area contributed by atoms with E-state index in [4.69, 9.17) is 5.26 Å². The van der Waals surface area contributed by atoms with E-state index in [1.807, 2.05) is 4.90 Å². The zero-order chi connectivity index (χ0) is 12.8. The van der Waals surface area contributed by atoms with E-state index in [0.29, 0.717) is 12.8 Å². The minimum Gasteiger partial charge on any atom is -0.343 e. The smallest absolute Gasteiger partial charge is 0.223 e. The van der Waals surface area contributed by atoms with Gasteiger partial charge >= 0.3 is 0 Å². The predicted octanol–water partition coefficient (Wildman–Crippen LogP) is 1.67. The Labute approximate surface area is 109 Å². The zero-order valence-corrected chi connectivity index (χ0v) is 11.1. The summed E-state index contributed by atoms with van der Waals surface area (Å²) in [6, 6.07) is 2.26. The number of hydrogen-bond acceptors (Lipinski definition) is 3. The van der Waals surface area contributed by atoms with Crippen molar-refractivity contribution in [1.29, 1.82) is 5.26 Å². The van der Waals surface area contributed by atoms with Gasteiger partial charge in [0.05, 0.1) is 6.07 Å². The molecule has 1 amide bonds. The fourth-order valence-corrected chi connectivity index (χ4v) is 2.61. The molecule has 0 bridgehead atoms. The predicted molar refractivity (Wildman–Crippen MR) is 69.8 cm³/mol. The Morgan fingerprint density at radius 1 is 1.28 bits per heavy atom. The molecule has 1 saturated heterocycles. The lowest BCUT2D eigenvalue weighted by Gasteiger charge is -2.26. The summed E-state index contributed by atoms with van der Waals surface area (Å²) in [5.74, 6) is 0.285. The first-order chi connectivity index (χ1) is 8.76. The van der Waals surface area contributed by atoms with Gasteiger partial charge in [-0.25, -0.2) is 0 Å². The maximum absolute atomic E-state index is 11.9. The monoisotopic (exact) mass is 249 g/mol. The van der Waals surface area contributed by atoms with E-state index in [2.05, 4.69) is 11.4 Å². The molecule has 1 aliphatic carbocycles. The normalized spacial score (nSPS) is 21.4. The molecular formula is C14H23N3O. The highest BCUT2D eigenvalue weighted by Gasteiger charge is 2.41. The van der Waals surface area contributed by atoms with Gasteiger partial charge < -0.3 is 10.2 Å². The first-order valence-corrected chi connectivity index (χ1v) is 7.11. The van der Waals surface area contributed by atoms with Crippen molar-refractivity contribution in [2.75, 3.05) is 26.2 Å². The standard InChI is InChI=1S/C14H23N3O/c15-8-7-14(5-6-14)12-16-9-4-13(18)17-10-2-1-3-11-17/h16H,1-7,9-12H2. The van der Waals surface area contributed by atoms with Crippen molar-refractivity contribution in [2.24, 2.45) is 5.41 Å². The van der Waals surface area contributed by atoms with Crippen LogP contribution in [0, 0.1) is 16.7 Å². The number of nitrogens with zero attached hydrogens (tertiary/aromatic N) is 2. The molecule has 2 rings (SSSR count). The molecule has 1 heterocycles. The highest BCUT2D eigenvalue weighted by Crippen LogP contribution is 2.47. The van der Waals surface area contributed by atoms with E-state index >= 15 is 0 Å². The second kappa shape index (κ2) is 6.19. The summed E-state index contributed by atoms with van der Waals surface area (Å²) in [6.45, 7) is 3.53. The fraction of sp³-hybridized carbons (Fsp3) is 0.857. The molecule has 0 atom stereocenters. The van der Waals surface area contributed by atoms with Crippen LogP contribution < -0.4 is 5.32 Å². The van der Waals surface area contributed by atoms with E-state index < -0.39 is 0 Å². The van der Waals surface area contributed by atoms with Crippen molar-refractivity contribution in [3.05, 3.63) is 0 Å². The van der Waals surface area contributed by atoms with Crippen LogP contribution in [-0.4, -0.2) is 37.0 Å². The summed E-state index contributed by atoms with van der Waals surface area (Å²) in [5, 5.41) is 12.1. The number of carbonyl (C=O) groups excluding carboxylic acids is 1. The Bertz CT molecular complexity index is 324. The third kappa shape index (κ3) is 3.71. The average molecular weight is 249 g/mol. The molecule has 2 fully saturated rings. The summed E-state index contributed by atoms with van der Waals surface area (Å²) < 4.78 is 0. The van der Waals surface area contributed by atoms with Crippen LogP contribution in [0.5, 0.6) is 0 Å². The Hall–Kier alpha value is -1.08. The van der Waals surface area contributed by atoms with Gasteiger partial charge in [0, 0.05) is 39.0 Å². The molecule has 100 valence electrons. The van der Waals surface area contributed by atoms with Crippen molar-refractivity contribution in [2.45, 2.75) is 44.9 Å². The van der Waals surface area contributed by atoms with E-state index in [1.54, 1.807) is 0 Å². The summed E-state index contributed by atoms with van der Waals surface area (Å²) in [5.41, 5.74) is 0.239. The number of likely N-dealkylation sites (tertiary alicyclic amines) is 1. The zero-order valence-electron chi connectivity index (χ0n) is 11.1. The second-order valence-corrected chi connectivity index (χ2v) is 5.70. The fourth-order valence-electron chi connectivity index (χ4n) is 2.61. The first-order valence-electron chi connectivity index (χ1n) is 7.11. The Kier molecular flexibility index (Phi) is 4.60. The molecule has 0 spiro atoms. The lowest BCUT2D eigenvalue weighted by atomic mass is 10.0. The lowest BCUT2D eigenvalue weighted by molar-refractivity contribution is -0.131. The summed E-state index contributed by atoms with van der Waals surface area (Å²) in [6.07, 6.45) is 7.15. The Morgan fingerprint density at radius 3 is 2.61 bits per heavy atom. The quantitative estimate of drug-likeness (QED) is 0.729. The van der Waals surface area contributed by atoms with Crippen LogP contribution in [0.15, 0.2) is 0 Å². The van der Waals surface area contributed by atoms with Crippen LogP contribution in [0.4, 0.5) is 0 Å². The number of nitriles is 1. The van der Waals surface area contributed by atoms with Crippen molar-refractivity contribution >= 4 is 5.91 Å². The van der Waals surface area contributed by atoms with Crippen molar-refractivity contribution in [3.8, 4) is 6.07 Å². The van der Waals surface area contributed by atoms with Crippen LogP contribution in [0.2, 0.25) is 0 Å². The molecule has 0 unspecified atom stereocenters. The highest BCUT2D eigenvalue weighted by atomic mass is 16.2. The Morgan fingerprint density at radius 2 is 2.00 bits per heavy atom. The third-order valence-corrected chi connectivity index (χ3v) is 4.14. The molecule has 1 aliphatic heterocycles. The lowest BCUT2D eigenvalue weighted by Crippen LogP contribution is -2.37. The molecule has 1 saturated carbocycles. The third-order valence-electron chi connectivity index (χ3n) is 4.14. The minimum absolute atomic E-state index is 0.239. The molecule has 0 aromatic heterocycles. The van der Waals surface area contributed by atoms with Crippen molar-refractivity contribution in [1.82, 2.24) is 10.2 Å². The number of hydrogen-bond donors (Lipinski definition) is 1. The topological polar surface area (TPSA) is 56.1 Å². The number of carbonyl (C=O) groups is 1. The van der Waals surface area contributed by atoms with Gasteiger partial charge in [0.25, 0.3) is 0 Å². The average Bonchev–Trinajstić information content (AvgIpc) is 3.16.